The van der Waals surface area contributed by atoms with Crippen LogP contribution in [0.4, 0.5) is 0 Å². The Balaban J connectivity index is 4.03. The van der Waals surface area contributed by atoms with E-state index >= 15 is 0 Å². The smallest absolute Gasteiger partial charge is 0.268 e. The number of likely N-dealkylation sites (N-methyl/N-ethyl adjacent to an activating group) is 1. The van der Waals surface area contributed by atoms with Crippen LogP contribution in [0.15, 0.2) is 12.2 Å². The Kier molecular flexibility index (Phi) is 56.4. The summed E-state index contributed by atoms with van der Waals surface area (Å²) in [6, 6.07) is -0.798. The first kappa shape index (κ1) is 73.2. The maximum absolute atomic E-state index is 13.0. The van der Waals surface area contributed by atoms with E-state index in [9.17, 15) is 19.4 Å². The monoisotopic (exact) mass is 1070 g/mol. The molecular weight excluding hydrogens is 936 g/mol. The van der Waals surface area contributed by atoms with Gasteiger partial charge in [-0.2, -0.15) is 0 Å². The van der Waals surface area contributed by atoms with Gasteiger partial charge < -0.3 is 28.8 Å². The van der Waals surface area contributed by atoms with Crippen LogP contribution in [0.5, 0.6) is 0 Å². The molecule has 1 amide bonds. The van der Waals surface area contributed by atoms with Gasteiger partial charge in [-0.3, -0.25) is 9.36 Å². The van der Waals surface area contributed by atoms with Crippen LogP contribution < -0.4 is 10.2 Å². The van der Waals surface area contributed by atoms with E-state index in [0.717, 1.165) is 38.5 Å². The third-order valence-corrected chi connectivity index (χ3v) is 16.5. The minimum atomic E-state index is -4.57. The number of phosphoric ester groups is 1. The second kappa shape index (κ2) is 56.9. The molecule has 2 N–H and O–H groups in total. The maximum atomic E-state index is 13.0. The Hall–Kier alpha value is -0.760. The number of carbonyl (C=O) groups is 1. The molecule has 0 bridgehead atoms. The van der Waals surface area contributed by atoms with Crippen molar-refractivity contribution in [1.29, 1.82) is 0 Å². The number of carbonyl (C=O) groups excluding carboxylic acids is 1. The number of unbranched alkanes of at least 4 members (excludes halogenated alkanes) is 47. The topological polar surface area (TPSA) is 108 Å². The van der Waals surface area contributed by atoms with Crippen molar-refractivity contribution in [2.45, 2.75) is 360 Å². The van der Waals surface area contributed by atoms with Crippen LogP contribution in [0, 0.1) is 0 Å². The van der Waals surface area contributed by atoms with Crippen LogP contribution in [0.3, 0.4) is 0 Å². The molecule has 0 aliphatic heterocycles. The number of phosphoric acid groups is 1. The van der Waals surface area contributed by atoms with Crippen LogP contribution in [0.25, 0.3) is 0 Å². The van der Waals surface area contributed by atoms with Crippen LogP contribution in [-0.2, 0) is 18.4 Å². The van der Waals surface area contributed by atoms with Gasteiger partial charge in [0, 0.05) is 6.42 Å². The van der Waals surface area contributed by atoms with Crippen molar-refractivity contribution >= 4 is 13.7 Å². The molecule has 0 rings (SSSR count). The van der Waals surface area contributed by atoms with Gasteiger partial charge in [0.25, 0.3) is 7.82 Å². The van der Waals surface area contributed by atoms with E-state index in [2.05, 4.69) is 31.3 Å². The highest BCUT2D eigenvalue weighted by atomic mass is 31.2. The van der Waals surface area contributed by atoms with E-state index < -0.39 is 20.0 Å². The fourth-order valence-electron chi connectivity index (χ4n) is 10.3. The van der Waals surface area contributed by atoms with Gasteiger partial charge in [0.05, 0.1) is 39.9 Å². The molecule has 3 unspecified atom stereocenters. The molecular formula is C65H131N2O6P. The van der Waals surface area contributed by atoms with Crippen molar-refractivity contribution in [3.05, 3.63) is 12.2 Å². The largest absolute Gasteiger partial charge is 0.756 e. The highest BCUT2D eigenvalue weighted by Gasteiger charge is 2.24. The fraction of sp³-hybridized carbons (Fsp3) is 0.954. The van der Waals surface area contributed by atoms with Crippen LogP contribution in [0.2, 0.25) is 0 Å². The summed E-state index contributed by atoms with van der Waals surface area (Å²) >= 11 is 0. The number of hydrogen-bond donors (Lipinski definition) is 2. The third kappa shape index (κ3) is 58.9. The molecule has 3 atom stereocenters. The van der Waals surface area contributed by atoms with Gasteiger partial charge in [0.2, 0.25) is 5.91 Å². The SMILES string of the molecule is CCCCCCCCCC/C=C\CCCCCCCCCCCCCCCCCCCC(=O)NC(COP(=O)([O-])OCC[N+](C)(C)C)C(O)CCCCCCCCCCCCCCCCCCCCCCCCC. The van der Waals surface area contributed by atoms with Crippen molar-refractivity contribution in [1.82, 2.24) is 5.32 Å². The van der Waals surface area contributed by atoms with Crippen LogP contribution >= 0.6 is 7.82 Å². The number of amides is 1. The van der Waals surface area contributed by atoms with Gasteiger partial charge in [-0.25, -0.2) is 0 Å². The Labute approximate surface area is 462 Å². The molecule has 0 aromatic carbocycles. The zero-order valence-electron chi connectivity index (χ0n) is 50.6. The molecule has 0 aliphatic carbocycles. The molecule has 0 aliphatic rings. The van der Waals surface area contributed by atoms with Gasteiger partial charge in [0.15, 0.2) is 0 Å². The molecule has 74 heavy (non-hydrogen) atoms. The number of nitrogens with zero attached hydrogens (tertiary/aromatic N) is 1. The Bertz CT molecular complexity index is 1210. The summed E-state index contributed by atoms with van der Waals surface area (Å²) in [4.78, 5) is 25.6. The maximum Gasteiger partial charge on any atom is 0.268 e. The lowest BCUT2D eigenvalue weighted by Crippen LogP contribution is -2.46. The normalized spacial score (nSPS) is 13.8. The molecule has 0 heterocycles. The summed E-state index contributed by atoms with van der Waals surface area (Å²) < 4.78 is 23.5. The molecule has 0 aromatic heterocycles. The van der Waals surface area contributed by atoms with Gasteiger partial charge in [0.1, 0.15) is 13.2 Å². The number of quaternary nitrogens is 1. The van der Waals surface area contributed by atoms with E-state index in [1.54, 1.807) is 0 Å². The fourth-order valence-corrected chi connectivity index (χ4v) is 11.1. The van der Waals surface area contributed by atoms with Crippen molar-refractivity contribution in [2.24, 2.45) is 0 Å². The average Bonchev–Trinajstić information content (AvgIpc) is 3.36. The van der Waals surface area contributed by atoms with E-state index in [1.807, 2.05) is 21.1 Å². The second-order valence-electron chi connectivity index (χ2n) is 24.2. The molecule has 0 saturated carbocycles. The first-order valence-corrected chi connectivity index (χ1v) is 34.5. The third-order valence-electron chi connectivity index (χ3n) is 15.5. The Morgan fingerprint density at radius 3 is 1.05 bits per heavy atom. The first-order chi connectivity index (χ1) is 36.0. The predicted molar refractivity (Wildman–Crippen MR) is 321 cm³/mol. The van der Waals surface area contributed by atoms with E-state index in [4.69, 9.17) is 9.05 Å². The van der Waals surface area contributed by atoms with Crippen molar-refractivity contribution in [3.63, 3.8) is 0 Å². The quantitative estimate of drug-likeness (QED) is 0.0272. The summed E-state index contributed by atoms with van der Waals surface area (Å²) in [7, 11) is 1.33. The predicted octanol–water partition coefficient (Wildman–Crippen LogP) is 19.9. The van der Waals surface area contributed by atoms with Crippen LogP contribution in [-0.4, -0.2) is 68.5 Å². The Morgan fingerprint density at radius 1 is 0.459 bits per heavy atom. The summed E-state index contributed by atoms with van der Waals surface area (Å²) in [6.07, 6.45) is 71.3. The molecule has 442 valence electrons. The molecule has 0 spiro atoms. The second-order valence-corrected chi connectivity index (χ2v) is 25.6. The molecule has 0 aromatic rings. The average molecular weight is 1070 g/mol. The summed E-state index contributed by atoms with van der Waals surface area (Å²) in [5.74, 6) is -0.156. The lowest BCUT2D eigenvalue weighted by Gasteiger charge is -2.30. The number of hydrogen-bond acceptors (Lipinski definition) is 6. The zero-order chi connectivity index (χ0) is 54.2. The lowest BCUT2D eigenvalue weighted by molar-refractivity contribution is -0.870. The zero-order valence-corrected chi connectivity index (χ0v) is 51.5. The molecule has 8 nitrogen and oxygen atoms in total. The van der Waals surface area contributed by atoms with Crippen LogP contribution in [0.1, 0.15) is 348 Å². The Morgan fingerprint density at radius 2 is 0.743 bits per heavy atom. The minimum absolute atomic E-state index is 0.0157. The number of allylic oxidation sites excluding steroid dienone is 2. The highest BCUT2D eigenvalue weighted by Crippen LogP contribution is 2.38. The van der Waals surface area contributed by atoms with E-state index in [-0.39, 0.29) is 19.1 Å². The molecule has 0 fully saturated rings. The van der Waals surface area contributed by atoms with Gasteiger partial charge >= 0.3 is 0 Å². The summed E-state index contributed by atoms with van der Waals surface area (Å²) in [6.45, 7) is 4.78. The molecule has 0 saturated heterocycles. The molecule has 0 radical (unpaired) electrons. The van der Waals surface area contributed by atoms with Crippen molar-refractivity contribution < 1.29 is 32.9 Å². The van der Waals surface area contributed by atoms with E-state index in [1.165, 1.54) is 283 Å². The minimum Gasteiger partial charge on any atom is -0.756 e. The number of aliphatic hydroxyl groups excluding tert-OH is 1. The summed E-state index contributed by atoms with van der Waals surface area (Å²) in [5, 5.41) is 14.1. The lowest BCUT2D eigenvalue weighted by atomic mass is 10.0. The number of rotatable bonds is 62. The van der Waals surface area contributed by atoms with Gasteiger partial charge in [-0.1, -0.05) is 315 Å². The van der Waals surface area contributed by atoms with Gasteiger partial charge in [-0.05, 0) is 38.5 Å². The molecule has 9 heteroatoms. The van der Waals surface area contributed by atoms with Crippen molar-refractivity contribution in [3.8, 4) is 0 Å². The van der Waals surface area contributed by atoms with E-state index in [0.29, 0.717) is 23.9 Å². The highest BCUT2D eigenvalue weighted by molar-refractivity contribution is 7.45. The van der Waals surface area contributed by atoms with Crippen molar-refractivity contribution in [2.75, 3.05) is 40.9 Å². The van der Waals surface area contributed by atoms with Gasteiger partial charge in [-0.15, -0.1) is 0 Å². The number of nitrogens with one attached hydrogen (secondary N) is 1. The number of aliphatic hydroxyl groups is 1. The first-order valence-electron chi connectivity index (χ1n) is 33.0. The summed E-state index contributed by atoms with van der Waals surface area (Å²) in [5.41, 5.74) is 0. The standard InChI is InChI=1S/C65H131N2O6P/c1-6-8-10-12-14-16-18-20-22-24-26-28-30-31-32-33-34-35-37-39-41-43-45-47-49-51-53-55-57-59-65(69)66-63(62-73-74(70,71)72-61-60-67(3,4)5)64(68)58-56-54-52-50-48-46-44-42-40-38-36-29-27-25-23-21-19-17-15-13-11-9-7-2/h24,26,63-64,68H,6-23,25,27-62H2,1-5H3,(H-,66,69,70,71)/b26-24-.